The number of alkyl halides is 1. The molecule has 0 bridgehead atoms. The number of rotatable bonds is 1. The number of hydrogen-bond donors (Lipinski definition) is 0. The minimum atomic E-state index is 0.0996. The van der Waals surface area contributed by atoms with Gasteiger partial charge in [0.25, 0.3) is 5.91 Å². The van der Waals surface area contributed by atoms with Gasteiger partial charge in [0, 0.05) is 30.7 Å². The minimum absolute atomic E-state index is 0.0996. The van der Waals surface area contributed by atoms with E-state index >= 15 is 0 Å². The lowest BCUT2D eigenvalue weighted by Crippen LogP contribution is -2.29. The van der Waals surface area contributed by atoms with E-state index in [1.165, 1.54) is 0 Å². The highest BCUT2D eigenvalue weighted by Gasteiger charge is 2.26. The summed E-state index contributed by atoms with van der Waals surface area (Å²) in [7, 11) is 1.85. The fourth-order valence-electron chi connectivity index (χ4n) is 1.78. The molecule has 1 aromatic rings. The number of halogens is 1. The van der Waals surface area contributed by atoms with Crippen LogP contribution in [0.25, 0.3) is 0 Å². The van der Waals surface area contributed by atoms with Crippen LogP contribution in [0, 0.1) is 6.92 Å². The number of aryl methyl sites for hydroxylation is 1. The summed E-state index contributed by atoms with van der Waals surface area (Å²) in [6, 6.07) is 0. The lowest BCUT2D eigenvalue weighted by Gasteiger charge is -2.14. The van der Waals surface area contributed by atoms with Crippen molar-refractivity contribution in [2.24, 2.45) is 7.05 Å². The Kier molecular flexibility index (Phi) is 2.82. The van der Waals surface area contributed by atoms with E-state index in [9.17, 15) is 4.79 Å². The van der Waals surface area contributed by atoms with E-state index in [-0.39, 0.29) is 5.91 Å². The molecule has 2 heterocycles. The fraction of sp³-hybridized carbons (Fsp3) is 0.600. The van der Waals surface area contributed by atoms with E-state index in [2.05, 4.69) is 21.0 Å². The Hall–Kier alpha value is -0.840. The van der Waals surface area contributed by atoms with Crippen LogP contribution in [0.5, 0.6) is 0 Å². The van der Waals surface area contributed by atoms with Crippen LogP contribution in [0.15, 0.2) is 6.20 Å². The van der Waals surface area contributed by atoms with Crippen LogP contribution in [0.2, 0.25) is 0 Å². The molecule has 1 aromatic heterocycles. The van der Waals surface area contributed by atoms with Crippen molar-refractivity contribution in [2.75, 3.05) is 13.1 Å². The van der Waals surface area contributed by atoms with Crippen molar-refractivity contribution >= 4 is 21.8 Å². The van der Waals surface area contributed by atoms with E-state index in [0.717, 1.165) is 30.8 Å². The smallest absolute Gasteiger partial charge is 0.257 e. The number of aromatic nitrogens is 2. The van der Waals surface area contributed by atoms with Gasteiger partial charge in [0.15, 0.2) is 0 Å². The molecule has 15 heavy (non-hydrogen) atoms. The summed E-state index contributed by atoms with van der Waals surface area (Å²) in [6.07, 6.45) is 2.68. The monoisotopic (exact) mass is 271 g/mol. The first kappa shape index (κ1) is 10.7. The van der Waals surface area contributed by atoms with E-state index in [4.69, 9.17) is 0 Å². The Labute approximate surface area is 97.4 Å². The molecule has 1 amide bonds. The maximum absolute atomic E-state index is 12.1. The number of hydrogen-bond acceptors (Lipinski definition) is 2. The topological polar surface area (TPSA) is 38.1 Å². The van der Waals surface area contributed by atoms with Gasteiger partial charge in [-0.05, 0) is 13.3 Å². The van der Waals surface area contributed by atoms with Gasteiger partial charge in [0.2, 0.25) is 0 Å². The first-order chi connectivity index (χ1) is 7.09. The van der Waals surface area contributed by atoms with Crippen molar-refractivity contribution < 1.29 is 4.79 Å². The second-order valence-electron chi connectivity index (χ2n) is 3.90. The van der Waals surface area contributed by atoms with Crippen molar-refractivity contribution in [2.45, 2.75) is 18.2 Å². The summed E-state index contributed by atoms with van der Waals surface area (Å²) in [4.78, 5) is 14.4. The van der Waals surface area contributed by atoms with Gasteiger partial charge < -0.3 is 4.90 Å². The van der Waals surface area contributed by atoms with Crippen LogP contribution < -0.4 is 0 Å². The Bertz CT molecular complexity index is 388. The van der Waals surface area contributed by atoms with E-state index in [1.54, 1.807) is 10.9 Å². The average Bonchev–Trinajstić information content (AvgIpc) is 2.75. The van der Waals surface area contributed by atoms with Crippen LogP contribution in [0.1, 0.15) is 22.5 Å². The van der Waals surface area contributed by atoms with Gasteiger partial charge in [-0.15, -0.1) is 0 Å². The molecule has 0 spiro atoms. The van der Waals surface area contributed by atoms with Gasteiger partial charge in [-0.2, -0.15) is 5.10 Å². The third kappa shape index (κ3) is 1.93. The third-order valence-electron chi connectivity index (χ3n) is 2.88. The number of carbonyl (C=O) groups is 1. The summed E-state index contributed by atoms with van der Waals surface area (Å²) >= 11 is 3.53. The molecule has 5 heteroatoms. The summed E-state index contributed by atoms with van der Waals surface area (Å²) < 4.78 is 1.73. The lowest BCUT2D eigenvalue weighted by atomic mass is 10.2. The zero-order valence-electron chi connectivity index (χ0n) is 8.90. The van der Waals surface area contributed by atoms with Gasteiger partial charge in [-0.1, -0.05) is 15.9 Å². The molecule has 0 saturated carbocycles. The van der Waals surface area contributed by atoms with E-state index in [1.807, 2.05) is 18.9 Å². The largest absolute Gasteiger partial charge is 0.337 e. The fourth-order valence-corrected chi connectivity index (χ4v) is 2.34. The van der Waals surface area contributed by atoms with E-state index < -0.39 is 0 Å². The zero-order valence-corrected chi connectivity index (χ0v) is 10.5. The zero-order chi connectivity index (χ0) is 11.0. The summed E-state index contributed by atoms with van der Waals surface area (Å²) in [5.74, 6) is 0.0996. The second kappa shape index (κ2) is 3.96. The van der Waals surface area contributed by atoms with Crippen molar-refractivity contribution in [3.8, 4) is 0 Å². The van der Waals surface area contributed by atoms with Gasteiger partial charge in [-0.3, -0.25) is 9.48 Å². The number of likely N-dealkylation sites (tertiary alicyclic amines) is 1. The highest BCUT2D eigenvalue weighted by atomic mass is 79.9. The molecule has 0 aromatic carbocycles. The summed E-state index contributed by atoms with van der Waals surface area (Å²) in [5.41, 5.74) is 1.65. The van der Waals surface area contributed by atoms with Crippen molar-refractivity contribution in [3.63, 3.8) is 0 Å². The second-order valence-corrected chi connectivity index (χ2v) is 5.20. The number of amides is 1. The highest BCUT2D eigenvalue weighted by Crippen LogP contribution is 2.19. The standard InChI is InChI=1S/C10H14BrN3O/c1-7-9(5-12-13(7)2)10(15)14-4-3-8(11)6-14/h5,8H,3-4,6H2,1-2H3. The minimum Gasteiger partial charge on any atom is -0.337 e. The average molecular weight is 272 g/mol. The molecule has 2 rings (SSSR count). The van der Waals surface area contributed by atoms with Crippen LogP contribution in [-0.2, 0) is 7.05 Å². The summed E-state index contributed by atoms with van der Waals surface area (Å²) in [5, 5.41) is 4.09. The quantitative estimate of drug-likeness (QED) is 0.723. The molecule has 1 aliphatic heterocycles. The van der Waals surface area contributed by atoms with Crippen molar-refractivity contribution in [3.05, 3.63) is 17.5 Å². The first-order valence-electron chi connectivity index (χ1n) is 5.01. The molecule has 0 N–H and O–H groups in total. The van der Waals surface area contributed by atoms with Crippen LogP contribution in [0.3, 0.4) is 0 Å². The Morgan fingerprint density at radius 1 is 1.67 bits per heavy atom. The highest BCUT2D eigenvalue weighted by molar-refractivity contribution is 9.09. The molecular weight excluding hydrogens is 258 g/mol. The first-order valence-corrected chi connectivity index (χ1v) is 5.93. The predicted molar refractivity (Wildman–Crippen MR) is 61.2 cm³/mol. The van der Waals surface area contributed by atoms with Crippen molar-refractivity contribution in [1.82, 2.24) is 14.7 Å². The van der Waals surface area contributed by atoms with Crippen LogP contribution in [-0.4, -0.2) is 38.5 Å². The third-order valence-corrected chi connectivity index (χ3v) is 3.63. The molecule has 1 atom stereocenters. The molecule has 1 aliphatic rings. The maximum Gasteiger partial charge on any atom is 0.257 e. The summed E-state index contributed by atoms with van der Waals surface area (Å²) in [6.45, 7) is 3.55. The molecule has 1 saturated heterocycles. The van der Waals surface area contributed by atoms with Gasteiger partial charge >= 0.3 is 0 Å². The molecular formula is C10H14BrN3O. The normalized spacial score (nSPS) is 21.0. The van der Waals surface area contributed by atoms with Gasteiger partial charge in [0.1, 0.15) is 0 Å². The Morgan fingerprint density at radius 2 is 2.40 bits per heavy atom. The molecule has 0 radical (unpaired) electrons. The SMILES string of the molecule is Cc1c(C(=O)N2CCC(Br)C2)cnn1C. The predicted octanol–water partition coefficient (Wildman–Crippen LogP) is 1.34. The number of nitrogens with zero attached hydrogens (tertiary/aromatic N) is 3. The molecule has 82 valence electrons. The lowest BCUT2D eigenvalue weighted by molar-refractivity contribution is 0.0792. The molecule has 0 aliphatic carbocycles. The van der Waals surface area contributed by atoms with Gasteiger partial charge in [0.05, 0.1) is 11.8 Å². The Balaban J connectivity index is 2.18. The van der Waals surface area contributed by atoms with Crippen LogP contribution in [0.4, 0.5) is 0 Å². The molecule has 1 fully saturated rings. The molecule has 1 unspecified atom stereocenters. The number of carbonyl (C=O) groups excluding carboxylic acids is 1. The maximum atomic E-state index is 12.1. The Morgan fingerprint density at radius 3 is 2.87 bits per heavy atom. The van der Waals surface area contributed by atoms with Gasteiger partial charge in [-0.25, -0.2) is 0 Å². The van der Waals surface area contributed by atoms with Crippen molar-refractivity contribution in [1.29, 1.82) is 0 Å². The van der Waals surface area contributed by atoms with E-state index in [0.29, 0.717) is 4.83 Å². The molecule has 4 nitrogen and oxygen atoms in total. The van der Waals surface area contributed by atoms with Crippen LogP contribution >= 0.6 is 15.9 Å².